The van der Waals surface area contributed by atoms with Crippen LogP contribution in [0.4, 0.5) is 0 Å². The van der Waals surface area contributed by atoms with Crippen LogP contribution < -0.4 is 0 Å². The zero-order valence-corrected chi connectivity index (χ0v) is 23.1. The predicted octanol–water partition coefficient (Wildman–Crippen LogP) is 0.995. The number of ketones is 1. The lowest BCUT2D eigenvalue weighted by Gasteiger charge is -2.71. The van der Waals surface area contributed by atoms with Crippen molar-refractivity contribution in [2.75, 3.05) is 27.2 Å². The molecule has 3 fully saturated rings. The van der Waals surface area contributed by atoms with Gasteiger partial charge in [0.1, 0.15) is 5.60 Å². The molecule has 0 aromatic carbocycles. The van der Waals surface area contributed by atoms with E-state index in [2.05, 4.69) is 6.58 Å². The molecule has 1 aliphatic heterocycles. The van der Waals surface area contributed by atoms with Gasteiger partial charge in [0.15, 0.2) is 24.1 Å². The fraction of sp³-hybridized carbons (Fsp3) is 0.815. The van der Waals surface area contributed by atoms with Gasteiger partial charge in [-0.05, 0) is 46.2 Å². The maximum atomic E-state index is 13.8. The van der Waals surface area contributed by atoms with Gasteiger partial charge in [0.05, 0.1) is 24.2 Å². The standard InChI is InChI=1S/C27H43NO9/c1-9-24(4)14-17(30)27(34)25(5)16(29)10-12-23(2,3)21(25)20(33)22(26(27,6)37-24)36-19(32)15-35-18(31)11-13-28(7)8/h9,16,20-22,29,33-34H,1,10-15H2,2-8H3/t16-,20-,21-,22-,24-,25-,26+,27-/m0/s1. The van der Waals surface area contributed by atoms with Crippen LogP contribution in [-0.4, -0.2) is 100 Å². The molecule has 3 aliphatic rings. The van der Waals surface area contributed by atoms with Crippen LogP contribution in [0.1, 0.15) is 60.3 Å². The van der Waals surface area contributed by atoms with Gasteiger partial charge in [-0.15, -0.1) is 6.58 Å². The molecular weight excluding hydrogens is 482 g/mol. The third-order valence-electron chi connectivity index (χ3n) is 9.10. The summed E-state index contributed by atoms with van der Waals surface area (Å²) < 4.78 is 17.1. The second kappa shape index (κ2) is 9.72. The van der Waals surface area contributed by atoms with Crippen molar-refractivity contribution in [3.05, 3.63) is 12.7 Å². The first-order chi connectivity index (χ1) is 16.9. The van der Waals surface area contributed by atoms with Crippen LogP contribution in [-0.2, 0) is 28.6 Å². The number of hydrogen-bond acceptors (Lipinski definition) is 10. The van der Waals surface area contributed by atoms with Crippen LogP contribution in [0.15, 0.2) is 12.7 Å². The normalized spacial score (nSPS) is 42.9. The Morgan fingerprint density at radius 2 is 1.78 bits per heavy atom. The Kier molecular flexibility index (Phi) is 7.80. The first-order valence-electron chi connectivity index (χ1n) is 12.8. The van der Waals surface area contributed by atoms with Crippen LogP contribution >= 0.6 is 0 Å². The molecule has 3 N–H and O–H groups in total. The number of esters is 2. The van der Waals surface area contributed by atoms with Gasteiger partial charge in [-0.3, -0.25) is 9.59 Å². The molecule has 0 bridgehead atoms. The largest absolute Gasteiger partial charge is 0.454 e. The van der Waals surface area contributed by atoms with Gasteiger partial charge >= 0.3 is 11.9 Å². The number of carbonyl (C=O) groups is 3. The van der Waals surface area contributed by atoms with Crippen molar-refractivity contribution in [3.8, 4) is 0 Å². The summed E-state index contributed by atoms with van der Waals surface area (Å²) in [6.07, 6.45) is -1.91. The molecule has 3 rings (SSSR count). The first-order valence-corrected chi connectivity index (χ1v) is 12.8. The van der Waals surface area contributed by atoms with Crippen LogP contribution in [0.3, 0.4) is 0 Å². The van der Waals surface area contributed by atoms with E-state index in [1.165, 1.54) is 13.0 Å². The minimum Gasteiger partial charge on any atom is -0.454 e. The topological polar surface area (TPSA) is 143 Å². The van der Waals surface area contributed by atoms with Crippen molar-refractivity contribution in [1.29, 1.82) is 0 Å². The van der Waals surface area contributed by atoms with E-state index in [0.717, 1.165) is 0 Å². The van der Waals surface area contributed by atoms with Crippen LogP contribution in [0.5, 0.6) is 0 Å². The Morgan fingerprint density at radius 3 is 2.35 bits per heavy atom. The van der Waals surface area contributed by atoms with Crippen molar-refractivity contribution in [2.45, 2.75) is 95.4 Å². The number of rotatable bonds is 7. The molecule has 8 atom stereocenters. The fourth-order valence-corrected chi connectivity index (χ4v) is 7.18. The van der Waals surface area contributed by atoms with Crippen molar-refractivity contribution in [3.63, 3.8) is 0 Å². The van der Waals surface area contributed by atoms with Crippen molar-refractivity contribution < 1.29 is 43.9 Å². The maximum absolute atomic E-state index is 13.8. The average molecular weight is 526 g/mol. The van der Waals surface area contributed by atoms with E-state index in [1.54, 1.807) is 32.8 Å². The van der Waals surface area contributed by atoms with E-state index in [9.17, 15) is 29.7 Å². The number of nitrogens with zero attached hydrogens (tertiary/aromatic N) is 1. The quantitative estimate of drug-likeness (QED) is 0.325. The number of aliphatic hydroxyl groups is 3. The molecule has 10 heteroatoms. The summed E-state index contributed by atoms with van der Waals surface area (Å²) in [6, 6.07) is 0. The Hall–Kier alpha value is -1.85. The molecule has 2 aliphatic carbocycles. The fourth-order valence-electron chi connectivity index (χ4n) is 7.18. The third-order valence-corrected chi connectivity index (χ3v) is 9.10. The SMILES string of the molecule is C=C[C@@]1(C)CC(=O)[C@]2(O)[C@@]3(C)[C@@H](O)CCC(C)(C)[C@@H]3[C@H](O)[C@H](OC(=O)COC(=O)CCN(C)C)[C@@]2(C)O1. The van der Waals surface area contributed by atoms with E-state index in [4.69, 9.17) is 14.2 Å². The average Bonchev–Trinajstić information content (AvgIpc) is 2.79. The summed E-state index contributed by atoms with van der Waals surface area (Å²) >= 11 is 0. The van der Waals surface area contributed by atoms with Gasteiger partial charge in [-0.1, -0.05) is 26.8 Å². The Bertz CT molecular complexity index is 950. The lowest BCUT2D eigenvalue weighted by Crippen LogP contribution is -2.86. The monoisotopic (exact) mass is 525 g/mol. The van der Waals surface area contributed by atoms with Gasteiger partial charge in [0, 0.05) is 24.3 Å². The van der Waals surface area contributed by atoms with Gasteiger partial charge in [0.2, 0.25) is 0 Å². The second-order valence-corrected chi connectivity index (χ2v) is 12.5. The van der Waals surface area contributed by atoms with E-state index < -0.39 is 76.2 Å². The third kappa shape index (κ3) is 4.54. The summed E-state index contributed by atoms with van der Waals surface area (Å²) in [5, 5.41) is 35.4. The van der Waals surface area contributed by atoms with Gasteiger partial charge in [-0.25, -0.2) is 4.79 Å². The molecule has 210 valence electrons. The minimum atomic E-state index is -2.31. The lowest BCUT2D eigenvalue weighted by molar-refractivity contribution is -0.370. The molecule has 0 aromatic rings. The van der Waals surface area contributed by atoms with E-state index in [-0.39, 0.29) is 12.8 Å². The molecule has 37 heavy (non-hydrogen) atoms. The number of Topliss-reactive ketones (excluding diaryl/α,β-unsaturated/α-hetero) is 1. The molecule has 10 nitrogen and oxygen atoms in total. The highest BCUT2D eigenvalue weighted by Gasteiger charge is 2.81. The highest BCUT2D eigenvalue weighted by atomic mass is 16.6. The zero-order chi connectivity index (χ0) is 28.2. The summed E-state index contributed by atoms with van der Waals surface area (Å²) in [6.45, 7) is 11.9. The highest BCUT2D eigenvalue weighted by molar-refractivity contribution is 5.92. The zero-order valence-electron chi connectivity index (χ0n) is 23.1. The van der Waals surface area contributed by atoms with E-state index >= 15 is 0 Å². The Morgan fingerprint density at radius 1 is 1.16 bits per heavy atom. The lowest BCUT2D eigenvalue weighted by atomic mass is 9.40. The molecule has 0 amide bonds. The minimum absolute atomic E-state index is 0.0750. The van der Waals surface area contributed by atoms with Crippen LogP contribution in [0, 0.1) is 16.7 Å². The smallest absolute Gasteiger partial charge is 0.344 e. The summed E-state index contributed by atoms with van der Waals surface area (Å²) in [7, 11) is 3.60. The number of carbonyl (C=O) groups excluding carboxylic acids is 3. The van der Waals surface area contributed by atoms with Crippen molar-refractivity contribution in [1.82, 2.24) is 4.90 Å². The Balaban J connectivity index is 2.03. The second-order valence-electron chi connectivity index (χ2n) is 12.5. The molecule has 1 heterocycles. The van der Waals surface area contributed by atoms with E-state index in [1.807, 2.05) is 13.8 Å². The summed E-state index contributed by atoms with van der Waals surface area (Å²) in [5.41, 5.74) is -7.62. The Labute approximate surface area is 218 Å². The predicted molar refractivity (Wildman–Crippen MR) is 133 cm³/mol. The van der Waals surface area contributed by atoms with Crippen molar-refractivity contribution >= 4 is 17.7 Å². The van der Waals surface area contributed by atoms with Gasteiger partial charge in [0.25, 0.3) is 0 Å². The molecule has 0 radical (unpaired) electrons. The van der Waals surface area contributed by atoms with Crippen LogP contribution in [0.25, 0.3) is 0 Å². The molecule has 2 saturated carbocycles. The first kappa shape index (κ1) is 29.7. The number of fused-ring (bicyclic) bond motifs is 3. The van der Waals surface area contributed by atoms with E-state index in [0.29, 0.717) is 19.4 Å². The molecule has 0 aromatic heterocycles. The molecular formula is C27H43NO9. The number of hydrogen-bond donors (Lipinski definition) is 3. The van der Waals surface area contributed by atoms with Crippen LogP contribution in [0.2, 0.25) is 0 Å². The maximum Gasteiger partial charge on any atom is 0.344 e. The molecule has 1 saturated heterocycles. The summed E-state index contributed by atoms with van der Waals surface area (Å²) in [4.78, 5) is 40.5. The van der Waals surface area contributed by atoms with Crippen molar-refractivity contribution in [2.24, 2.45) is 16.7 Å². The number of ether oxygens (including phenoxy) is 3. The van der Waals surface area contributed by atoms with Gasteiger partial charge in [-0.2, -0.15) is 0 Å². The highest BCUT2D eigenvalue weighted by Crippen LogP contribution is 2.67. The molecule has 0 unspecified atom stereocenters. The number of aliphatic hydroxyl groups excluding tert-OH is 2. The van der Waals surface area contributed by atoms with Gasteiger partial charge < -0.3 is 34.4 Å². The molecule has 0 spiro atoms. The summed E-state index contributed by atoms with van der Waals surface area (Å²) in [5.74, 6) is -2.96.